The van der Waals surface area contributed by atoms with E-state index in [4.69, 9.17) is 5.73 Å². The van der Waals surface area contributed by atoms with Gasteiger partial charge in [-0.05, 0) is 43.2 Å². The number of amides is 1. The maximum atomic E-state index is 12.4. The number of hydrogen-bond acceptors (Lipinski definition) is 2. The number of nitrogens with one attached hydrogen (secondary N) is 1. The molecule has 27 heavy (non-hydrogen) atoms. The van der Waals surface area contributed by atoms with E-state index in [1.54, 1.807) is 0 Å². The van der Waals surface area contributed by atoms with Gasteiger partial charge in [-0.15, -0.1) is 0 Å². The summed E-state index contributed by atoms with van der Waals surface area (Å²) in [6.45, 7) is 8.77. The van der Waals surface area contributed by atoms with Crippen LogP contribution in [-0.2, 0) is 17.8 Å². The normalized spacial score (nSPS) is 15.6. The van der Waals surface area contributed by atoms with Crippen molar-refractivity contribution in [3.8, 4) is 0 Å². The quantitative estimate of drug-likeness (QED) is 0.396. The lowest BCUT2D eigenvalue weighted by atomic mass is 9.99. The van der Waals surface area contributed by atoms with Gasteiger partial charge in [0.05, 0.1) is 0 Å². The number of nitrogens with zero attached hydrogens (tertiary/aromatic N) is 2. The van der Waals surface area contributed by atoms with Crippen molar-refractivity contribution in [2.75, 3.05) is 13.1 Å². The summed E-state index contributed by atoms with van der Waals surface area (Å²) in [6, 6.07) is 8.72. The first kappa shape index (κ1) is 21.3. The Bertz CT molecular complexity index is 626. The van der Waals surface area contributed by atoms with Crippen molar-refractivity contribution in [2.24, 2.45) is 16.6 Å². The first-order chi connectivity index (χ1) is 13.0. The molecular formula is C22H36N4O. The smallest absolute Gasteiger partial charge is 0.222 e. The van der Waals surface area contributed by atoms with Crippen LogP contribution in [0.2, 0.25) is 0 Å². The number of carbonyl (C=O) groups is 1. The summed E-state index contributed by atoms with van der Waals surface area (Å²) >= 11 is 0. The van der Waals surface area contributed by atoms with Gasteiger partial charge in [-0.25, -0.2) is 0 Å². The number of benzene rings is 1. The summed E-state index contributed by atoms with van der Waals surface area (Å²) in [5, 5.41) is 3.25. The van der Waals surface area contributed by atoms with Crippen molar-refractivity contribution in [3.63, 3.8) is 0 Å². The molecule has 0 aromatic heterocycles. The predicted octanol–water partition coefficient (Wildman–Crippen LogP) is 3.47. The van der Waals surface area contributed by atoms with Crippen LogP contribution >= 0.6 is 0 Å². The van der Waals surface area contributed by atoms with Crippen molar-refractivity contribution in [2.45, 2.75) is 71.9 Å². The van der Waals surface area contributed by atoms with Gasteiger partial charge < -0.3 is 16.0 Å². The first-order valence-electron chi connectivity index (χ1n) is 10.4. The molecule has 5 nitrogen and oxygen atoms in total. The van der Waals surface area contributed by atoms with Crippen LogP contribution in [-0.4, -0.2) is 35.9 Å². The Labute approximate surface area is 164 Å². The van der Waals surface area contributed by atoms with Gasteiger partial charge in [-0.3, -0.25) is 9.79 Å². The standard InChI is InChI=1S/C22H36N4O/c1-17(2)8-6-9-18(3)25-22(23)24-14-7-12-21(27)26-15-13-19-10-4-5-11-20(19)16-26/h4-5,10-11,17-18H,6-9,12-16H2,1-3H3,(H3,23,24,25). The molecule has 150 valence electrons. The molecule has 0 bridgehead atoms. The molecule has 0 radical (unpaired) electrons. The van der Waals surface area contributed by atoms with Crippen molar-refractivity contribution in [1.82, 2.24) is 10.2 Å². The molecule has 0 aliphatic carbocycles. The molecule has 1 amide bonds. The maximum absolute atomic E-state index is 12.4. The summed E-state index contributed by atoms with van der Waals surface area (Å²) < 4.78 is 0. The Kier molecular flexibility index (Phi) is 8.62. The Balaban J connectivity index is 1.64. The molecule has 0 spiro atoms. The van der Waals surface area contributed by atoms with E-state index in [2.05, 4.69) is 49.3 Å². The van der Waals surface area contributed by atoms with Crippen LogP contribution in [0.25, 0.3) is 0 Å². The number of hydrogen-bond donors (Lipinski definition) is 2. The third-order valence-corrected chi connectivity index (χ3v) is 5.13. The van der Waals surface area contributed by atoms with Crippen LogP contribution in [0.3, 0.4) is 0 Å². The molecule has 3 N–H and O–H groups in total. The Morgan fingerprint density at radius 3 is 2.67 bits per heavy atom. The van der Waals surface area contributed by atoms with Crippen LogP contribution in [0, 0.1) is 5.92 Å². The van der Waals surface area contributed by atoms with E-state index in [1.807, 2.05) is 11.0 Å². The van der Waals surface area contributed by atoms with Crippen LogP contribution in [0.15, 0.2) is 29.3 Å². The van der Waals surface area contributed by atoms with Crippen molar-refractivity contribution < 1.29 is 4.79 Å². The van der Waals surface area contributed by atoms with E-state index in [0.717, 1.165) is 38.3 Å². The van der Waals surface area contributed by atoms with E-state index >= 15 is 0 Å². The highest BCUT2D eigenvalue weighted by atomic mass is 16.2. The van der Waals surface area contributed by atoms with Crippen molar-refractivity contribution in [3.05, 3.63) is 35.4 Å². The van der Waals surface area contributed by atoms with E-state index in [0.29, 0.717) is 25.0 Å². The monoisotopic (exact) mass is 372 g/mol. The minimum Gasteiger partial charge on any atom is -0.370 e. The largest absolute Gasteiger partial charge is 0.370 e. The number of guanidine groups is 1. The molecule has 1 unspecified atom stereocenters. The lowest BCUT2D eigenvalue weighted by Crippen LogP contribution is -2.38. The van der Waals surface area contributed by atoms with Gasteiger partial charge in [0, 0.05) is 32.1 Å². The second-order valence-corrected chi connectivity index (χ2v) is 8.07. The highest BCUT2D eigenvalue weighted by Gasteiger charge is 2.19. The molecule has 5 heteroatoms. The van der Waals surface area contributed by atoms with Crippen LogP contribution in [0.5, 0.6) is 0 Å². The number of rotatable bonds is 9. The SMILES string of the molecule is CC(C)CCCC(C)NC(N)=NCCCC(=O)N1CCc2ccccc2C1. The lowest BCUT2D eigenvalue weighted by molar-refractivity contribution is -0.132. The fraction of sp³-hybridized carbons (Fsp3) is 0.636. The molecule has 1 aromatic carbocycles. The van der Waals surface area contributed by atoms with Gasteiger partial charge in [0.2, 0.25) is 5.91 Å². The Morgan fingerprint density at radius 2 is 1.93 bits per heavy atom. The fourth-order valence-electron chi connectivity index (χ4n) is 3.50. The third kappa shape index (κ3) is 7.61. The molecule has 0 saturated heterocycles. The average Bonchev–Trinajstić information content (AvgIpc) is 2.64. The number of aliphatic imine (C=N–C) groups is 1. The minimum atomic E-state index is 0.216. The average molecular weight is 373 g/mol. The van der Waals surface area contributed by atoms with Crippen LogP contribution in [0.1, 0.15) is 64.0 Å². The Morgan fingerprint density at radius 1 is 1.19 bits per heavy atom. The van der Waals surface area contributed by atoms with E-state index in [9.17, 15) is 4.79 Å². The molecule has 0 saturated carbocycles. The van der Waals surface area contributed by atoms with Gasteiger partial charge in [-0.2, -0.15) is 0 Å². The summed E-state index contributed by atoms with van der Waals surface area (Å²) in [5.74, 6) is 1.45. The molecule has 2 rings (SSSR count). The number of fused-ring (bicyclic) bond motifs is 1. The molecule has 1 aromatic rings. The summed E-state index contributed by atoms with van der Waals surface area (Å²) in [4.78, 5) is 18.8. The minimum absolute atomic E-state index is 0.216. The maximum Gasteiger partial charge on any atom is 0.222 e. The molecule has 1 heterocycles. The van der Waals surface area contributed by atoms with Crippen LogP contribution < -0.4 is 11.1 Å². The second-order valence-electron chi connectivity index (χ2n) is 8.07. The highest BCUT2D eigenvalue weighted by Crippen LogP contribution is 2.19. The van der Waals surface area contributed by atoms with E-state index in [1.165, 1.54) is 24.0 Å². The lowest BCUT2D eigenvalue weighted by Gasteiger charge is -2.28. The zero-order chi connectivity index (χ0) is 19.6. The summed E-state index contributed by atoms with van der Waals surface area (Å²) in [7, 11) is 0. The third-order valence-electron chi connectivity index (χ3n) is 5.13. The first-order valence-corrected chi connectivity index (χ1v) is 10.4. The van der Waals surface area contributed by atoms with Gasteiger partial charge in [0.1, 0.15) is 0 Å². The molecular weight excluding hydrogens is 336 g/mol. The summed E-state index contributed by atoms with van der Waals surface area (Å²) in [6.07, 6.45) is 5.76. The number of carbonyl (C=O) groups excluding carboxylic acids is 1. The van der Waals surface area contributed by atoms with Crippen molar-refractivity contribution >= 4 is 11.9 Å². The molecule has 1 aliphatic rings. The van der Waals surface area contributed by atoms with E-state index < -0.39 is 0 Å². The molecule has 0 fully saturated rings. The van der Waals surface area contributed by atoms with Crippen molar-refractivity contribution in [1.29, 1.82) is 0 Å². The molecule has 1 atom stereocenters. The Hall–Kier alpha value is -2.04. The summed E-state index contributed by atoms with van der Waals surface area (Å²) in [5.41, 5.74) is 8.60. The molecule has 1 aliphatic heterocycles. The van der Waals surface area contributed by atoms with E-state index in [-0.39, 0.29) is 5.91 Å². The number of nitrogens with two attached hydrogens (primary N) is 1. The zero-order valence-corrected chi connectivity index (χ0v) is 17.2. The fourth-order valence-corrected chi connectivity index (χ4v) is 3.50. The van der Waals surface area contributed by atoms with Gasteiger partial charge in [0.25, 0.3) is 0 Å². The van der Waals surface area contributed by atoms with Crippen LogP contribution in [0.4, 0.5) is 0 Å². The topological polar surface area (TPSA) is 70.7 Å². The second kappa shape index (κ2) is 11.0. The zero-order valence-electron chi connectivity index (χ0n) is 17.2. The van der Waals surface area contributed by atoms with Gasteiger partial charge in [-0.1, -0.05) is 51.0 Å². The predicted molar refractivity (Wildman–Crippen MR) is 113 cm³/mol. The van der Waals surface area contributed by atoms with Gasteiger partial charge >= 0.3 is 0 Å². The van der Waals surface area contributed by atoms with Gasteiger partial charge in [0.15, 0.2) is 5.96 Å². The highest BCUT2D eigenvalue weighted by molar-refractivity contribution is 5.78.